The average Bonchev–Trinajstić information content (AvgIpc) is 1.65. The Kier molecular flexibility index (Phi) is 30.3. The summed E-state index contributed by atoms with van der Waals surface area (Å²) in [6, 6.07) is 18.0. The molecule has 4 saturated carbocycles. The maximum absolute atomic E-state index is 15.9. The van der Waals surface area contributed by atoms with Crippen LogP contribution in [0.25, 0.3) is 0 Å². The molecule has 11 aliphatic rings. The predicted octanol–water partition coefficient (Wildman–Crippen LogP) is 11.0. The number of benzene rings is 3. The normalized spacial score (nSPS) is 33.6. The zero-order valence-electron chi connectivity index (χ0n) is 80.5. The quantitative estimate of drug-likeness (QED) is 0.0333. The monoisotopic (exact) mass is 2030 g/mol. The fourth-order valence-electron chi connectivity index (χ4n) is 22.7. The Bertz CT molecular complexity index is 5290. The van der Waals surface area contributed by atoms with Crippen LogP contribution in [-0.2, 0) is 119 Å². The first kappa shape index (κ1) is 107. The lowest BCUT2D eigenvalue weighted by Crippen LogP contribution is -2.83. The van der Waals surface area contributed by atoms with E-state index < -0.39 is 255 Å². The minimum Gasteiger partial charge on any atom is -0.497 e. The van der Waals surface area contributed by atoms with Crippen LogP contribution in [0.15, 0.2) is 101 Å². The first-order valence-corrected chi connectivity index (χ1v) is 45.0. The number of Topliss-reactive ketones (excluding diaryl/α,β-unsaturated/α-hetero) is 2. The third kappa shape index (κ3) is 18.4. The summed E-state index contributed by atoms with van der Waals surface area (Å²) in [4.78, 5) is 200. The number of esters is 8. The highest BCUT2D eigenvalue weighted by Crippen LogP contribution is 2.70. The van der Waals surface area contributed by atoms with Crippen molar-refractivity contribution in [3.63, 3.8) is 0 Å². The van der Waals surface area contributed by atoms with Crippen LogP contribution in [0.5, 0.6) is 11.5 Å². The number of alkyl carbamates (subject to hydrolysis) is 1. The summed E-state index contributed by atoms with van der Waals surface area (Å²) in [6.45, 7) is 33.0. The Morgan fingerprint density at radius 2 is 0.993 bits per heavy atom. The molecule has 0 aromatic heterocycles. The van der Waals surface area contributed by atoms with Crippen molar-refractivity contribution in [2.24, 2.45) is 45.3 Å². The summed E-state index contributed by atoms with van der Waals surface area (Å²) < 4.78 is 116. The Morgan fingerprint density at radius 1 is 0.562 bits per heavy atom. The number of methoxy groups -OCH3 is 2. The van der Waals surface area contributed by atoms with E-state index in [1.54, 1.807) is 138 Å². The molecule has 5 heterocycles. The van der Waals surface area contributed by atoms with E-state index >= 15 is 14.4 Å². The lowest BCUT2D eigenvalue weighted by Gasteiger charge is -2.67. The van der Waals surface area contributed by atoms with Crippen molar-refractivity contribution in [1.29, 1.82) is 0 Å². The van der Waals surface area contributed by atoms with Gasteiger partial charge < -0.3 is 111 Å². The van der Waals surface area contributed by atoms with Crippen molar-refractivity contribution >= 4 is 108 Å². The average molecular weight is 2040 g/mol. The standard InChI is InChI=1S/C53H65NO19.C44H57NO17.CH4.HI/c1-25(2)21-32-38(67-44(54(32)47(61)72-49(6,7)8)31-20-19-30(63-12)22-33(31)64-13)46(60)68-37-26(3)36-39(66-27(4)55)41(58)51(11)34(57)23-35-52(24-65-35,71-28(5)56)40(51)43(69-45(59)29-17-15-14-16-18-29)53(50(36,9)10)42(37)70-48(62)73-53;1-20(2)17-25(45-38(53)61-40(6,7)8)29(49)37(52)57-30-21(3)28-31(56-22(4)46)33(50)42(11)26(48)18-27-43(19-55-27,60-23(5)47)32(42)35(58-36(51)24-15-13-12-14-16-24)44(41(28,9)10)34(30)59-39(54)62-44;;/h14-20,22,25,32,34-35,37-40,42-44,57H,21,23-24H2,1-13H3;12-16,20,25-27,29-32,34-35,48-49H,17-19H2,1-11H3,(H,45,53);1H4;1H/t32-,34-,35+,37+,38+,39+,40-,42-,43-,44?,51+,52-,53+;25-,26-,27+,29+,30+,31+,32-,34-,35-,42+,43-,44+;;/m00../s1. The van der Waals surface area contributed by atoms with Crippen molar-refractivity contribution in [3.05, 3.63) is 118 Å². The lowest BCUT2D eigenvalue weighted by molar-refractivity contribution is -0.345. The third-order valence-corrected chi connectivity index (χ3v) is 28.3. The fraction of sp³-hybridized carbons (Fsp3) is 0.633. The van der Waals surface area contributed by atoms with Crippen LogP contribution in [0.4, 0.5) is 19.2 Å². The van der Waals surface area contributed by atoms with Crippen molar-refractivity contribution in [2.45, 2.75) is 323 Å². The molecule has 25 atom stereocenters. The van der Waals surface area contributed by atoms with E-state index in [0.29, 0.717) is 11.3 Å². The number of nitrogens with zero attached hydrogens (tertiary/aromatic N) is 1. The molecule has 1 unspecified atom stereocenters. The zero-order chi connectivity index (χ0) is 99.6. The van der Waals surface area contributed by atoms with Crippen LogP contribution >= 0.6 is 24.0 Å². The second-order valence-electron chi connectivity index (χ2n) is 40.8. The van der Waals surface area contributed by atoms with Gasteiger partial charge in [0.2, 0.25) is 11.2 Å². The van der Waals surface area contributed by atoms with E-state index in [0.717, 1.165) is 27.7 Å². The molecular weight excluding hydrogens is 1910 g/mol. The molecule has 9 fully saturated rings. The number of ketones is 2. The number of fused-ring (bicyclic) bond motifs is 8. The molecule has 2 amide bonds. The van der Waals surface area contributed by atoms with Gasteiger partial charge in [0.05, 0.1) is 85.5 Å². The third-order valence-electron chi connectivity index (χ3n) is 28.3. The number of aliphatic hydroxyl groups excluding tert-OH is 3. The highest BCUT2D eigenvalue weighted by atomic mass is 127. The molecule has 4 bridgehead atoms. The van der Waals surface area contributed by atoms with Crippen molar-refractivity contribution < 1.29 is 172 Å². The summed E-state index contributed by atoms with van der Waals surface area (Å²) in [5.74, 6) is -12.5. The van der Waals surface area contributed by atoms with Gasteiger partial charge in [-0.25, -0.2) is 38.4 Å². The van der Waals surface area contributed by atoms with Gasteiger partial charge in [-0.1, -0.05) is 99.2 Å². The van der Waals surface area contributed by atoms with Crippen LogP contribution in [0, 0.1) is 45.3 Å². The molecule has 3 aromatic rings. The molecule has 5 saturated heterocycles. The summed E-state index contributed by atoms with van der Waals surface area (Å²) in [5, 5.41) is 38.7. The zero-order valence-corrected chi connectivity index (χ0v) is 82.9. The molecule has 38 nitrogen and oxygen atoms in total. The molecule has 6 aliphatic carbocycles. The van der Waals surface area contributed by atoms with Gasteiger partial charge in [0, 0.05) is 63.0 Å². The molecule has 0 radical (unpaired) electrons. The van der Waals surface area contributed by atoms with Crippen molar-refractivity contribution in [1.82, 2.24) is 10.2 Å². The summed E-state index contributed by atoms with van der Waals surface area (Å²) in [7, 11) is 2.90. The van der Waals surface area contributed by atoms with Crippen LogP contribution < -0.4 is 14.8 Å². The topological polar surface area (TPSA) is 490 Å². The van der Waals surface area contributed by atoms with E-state index in [4.69, 9.17) is 90.0 Å². The SMILES string of the molecule is C.CC(=O)O[C@H]1C(=O)[C@@]2(C)[C@H]([C@H](OC(=O)c3ccccc3)[C@]34OC(=O)O[C@H]3[C@H](OC(=O)[C@H](O)[C@H](CC(C)C)NC(=O)OC(C)(C)C)C(C)=C1C4(C)C)[C@]1(OC(C)=O)CO[C@@H]1C[C@@H]2O.COc1ccc(C2O[C@@H](C(=O)O[C@@H]3C(C)=C4[C@@H](OC(C)=O)C(=O)[C@@]5(C)[C@H]([C@H](OC(=O)c6ccccc6)[C@@]6(OC(=O)O[C@@H]36)C4(C)C)[C@]3(OC(C)=O)CO[C@@H]3C[C@@H]5O)[C@H](CC(C)C)N2C(=O)OC(C)(C)C)c(OC)c1.I. The predicted molar refractivity (Wildman–Crippen MR) is 485 cm³/mol. The number of hydrogen-bond acceptors (Lipinski definition) is 36. The first-order valence-electron chi connectivity index (χ1n) is 45.0. The van der Waals surface area contributed by atoms with E-state index in [2.05, 4.69) is 5.32 Å². The largest absolute Gasteiger partial charge is 0.509 e. The van der Waals surface area contributed by atoms with Crippen molar-refractivity contribution in [3.8, 4) is 11.5 Å². The number of rotatable bonds is 21. The number of amides is 2. The molecule has 5 aliphatic heterocycles. The van der Waals surface area contributed by atoms with Gasteiger partial charge in [0.1, 0.15) is 34.9 Å². The maximum atomic E-state index is 15.9. The Hall–Kier alpha value is -10.6. The fourth-order valence-corrected chi connectivity index (χ4v) is 22.7. The molecular formula is C98H127IN2O36. The first-order chi connectivity index (χ1) is 62.9. The number of hydrogen-bond donors (Lipinski definition) is 4. The Balaban J connectivity index is 0.000000263. The molecule has 4 N–H and O–H groups in total. The van der Waals surface area contributed by atoms with Gasteiger partial charge in [-0.15, -0.1) is 24.0 Å². The second-order valence-corrected chi connectivity index (χ2v) is 40.8. The minimum absolute atomic E-state index is 0. The highest BCUT2D eigenvalue weighted by Gasteiger charge is 2.86. The minimum atomic E-state index is -2.38. The van der Waals surface area contributed by atoms with Crippen LogP contribution in [-0.4, -0.2) is 263 Å². The summed E-state index contributed by atoms with van der Waals surface area (Å²) in [6.07, 6.45) is -29.6. The van der Waals surface area contributed by atoms with E-state index in [1.165, 1.54) is 71.1 Å². The van der Waals surface area contributed by atoms with Gasteiger partial charge in [0.15, 0.2) is 90.0 Å². The smallest absolute Gasteiger partial charge is 0.497 e. The highest BCUT2D eigenvalue weighted by molar-refractivity contribution is 14.0. The van der Waals surface area contributed by atoms with Gasteiger partial charge in [0.25, 0.3) is 0 Å². The molecule has 2 spiro atoms. The van der Waals surface area contributed by atoms with E-state index in [-0.39, 0.29) is 121 Å². The molecule has 3 aromatic carbocycles. The van der Waals surface area contributed by atoms with Crippen LogP contribution in [0.3, 0.4) is 0 Å². The van der Waals surface area contributed by atoms with E-state index in [1.807, 2.05) is 13.8 Å². The number of carbonyl (C=O) groups excluding carboxylic acids is 14. The van der Waals surface area contributed by atoms with Crippen LogP contribution in [0.2, 0.25) is 0 Å². The summed E-state index contributed by atoms with van der Waals surface area (Å²) >= 11 is 0. The lowest BCUT2D eigenvalue weighted by atomic mass is 9.44. The number of nitrogens with one attached hydrogen (secondary N) is 1. The molecule has 137 heavy (non-hydrogen) atoms. The van der Waals surface area contributed by atoms with Gasteiger partial charge in [-0.2, -0.15) is 0 Å². The maximum Gasteiger partial charge on any atom is 0.509 e. The number of carbonyl (C=O) groups is 14. The van der Waals surface area contributed by atoms with Crippen molar-refractivity contribution in [2.75, 3.05) is 27.4 Å². The molecule has 752 valence electrons. The number of aliphatic hydroxyl groups is 3. The summed E-state index contributed by atoms with van der Waals surface area (Å²) in [5.41, 5.74) is -17.7. The number of ether oxygens (including phenoxy) is 19. The molecule has 14 rings (SSSR count). The van der Waals surface area contributed by atoms with Gasteiger partial charge in [-0.3, -0.25) is 33.7 Å². The number of halogens is 1. The van der Waals surface area contributed by atoms with E-state index in [9.17, 15) is 68.1 Å². The Labute approximate surface area is 811 Å². The Morgan fingerprint density at radius 3 is 1.36 bits per heavy atom. The second kappa shape index (κ2) is 38.9. The van der Waals surface area contributed by atoms with Gasteiger partial charge >= 0.3 is 72.3 Å². The van der Waals surface area contributed by atoms with Gasteiger partial charge in [-0.05, 0) is 153 Å². The van der Waals surface area contributed by atoms with Crippen LogP contribution in [0.1, 0.15) is 218 Å². The molecule has 39 heteroatoms.